The van der Waals surface area contributed by atoms with Crippen molar-refractivity contribution in [1.82, 2.24) is 14.6 Å². The van der Waals surface area contributed by atoms with Crippen LogP contribution in [0.25, 0.3) is 16.9 Å². The Labute approximate surface area is 92.4 Å². The number of hydrogen-bond acceptors (Lipinski definition) is 3. The summed E-state index contributed by atoms with van der Waals surface area (Å²) in [5, 5.41) is 4.24. The van der Waals surface area contributed by atoms with Gasteiger partial charge in [-0.1, -0.05) is 12.1 Å². The molecule has 1 aromatic carbocycles. The fourth-order valence-corrected chi connectivity index (χ4v) is 1.75. The lowest BCUT2D eigenvalue weighted by Crippen LogP contribution is -1.95. The van der Waals surface area contributed by atoms with Crippen molar-refractivity contribution >= 4 is 11.3 Å². The fourth-order valence-electron chi connectivity index (χ4n) is 1.75. The van der Waals surface area contributed by atoms with E-state index in [2.05, 4.69) is 10.1 Å². The highest BCUT2D eigenvalue weighted by atomic mass is 15.2. The zero-order valence-electron chi connectivity index (χ0n) is 8.54. The molecule has 0 atom stereocenters. The molecule has 78 valence electrons. The number of fused-ring (bicyclic) bond motifs is 1. The van der Waals surface area contributed by atoms with Crippen molar-refractivity contribution in [2.24, 2.45) is 0 Å². The highest BCUT2D eigenvalue weighted by molar-refractivity contribution is 5.65. The fraction of sp³-hybridized carbons (Fsp3) is 0. The van der Waals surface area contributed by atoms with Gasteiger partial charge in [0.1, 0.15) is 0 Å². The molecule has 0 aliphatic heterocycles. The van der Waals surface area contributed by atoms with Gasteiger partial charge in [0.05, 0.1) is 11.9 Å². The molecule has 0 aliphatic carbocycles. The lowest BCUT2D eigenvalue weighted by Gasteiger charge is -2.04. The molecule has 3 rings (SSSR count). The van der Waals surface area contributed by atoms with Crippen molar-refractivity contribution in [1.29, 1.82) is 0 Å². The van der Waals surface area contributed by atoms with Crippen LogP contribution in [0.5, 0.6) is 0 Å². The highest BCUT2D eigenvalue weighted by Crippen LogP contribution is 2.21. The van der Waals surface area contributed by atoms with Crippen LogP contribution in [0.3, 0.4) is 0 Å². The van der Waals surface area contributed by atoms with Crippen LogP contribution in [-0.4, -0.2) is 14.6 Å². The van der Waals surface area contributed by atoms with Crippen LogP contribution >= 0.6 is 0 Å². The van der Waals surface area contributed by atoms with Gasteiger partial charge in [0.25, 0.3) is 0 Å². The highest BCUT2D eigenvalue weighted by Gasteiger charge is 2.04. The summed E-state index contributed by atoms with van der Waals surface area (Å²) < 4.78 is 1.80. The first kappa shape index (κ1) is 8.91. The molecule has 4 heteroatoms. The average Bonchev–Trinajstić information content (AvgIpc) is 2.76. The summed E-state index contributed by atoms with van der Waals surface area (Å²) in [6, 6.07) is 11.5. The number of rotatable bonds is 1. The maximum absolute atomic E-state index is 5.77. The molecule has 0 radical (unpaired) electrons. The molecule has 0 aliphatic rings. The Kier molecular flexibility index (Phi) is 1.86. The van der Waals surface area contributed by atoms with Gasteiger partial charge in [-0.2, -0.15) is 5.10 Å². The molecule has 16 heavy (non-hydrogen) atoms. The molecule has 3 aromatic rings. The summed E-state index contributed by atoms with van der Waals surface area (Å²) in [7, 11) is 0. The molecule has 2 aromatic heterocycles. The van der Waals surface area contributed by atoms with Gasteiger partial charge in [0.15, 0.2) is 5.65 Å². The van der Waals surface area contributed by atoms with E-state index in [0.717, 1.165) is 22.6 Å². The van der Waals surface area contributed by atoms with Crippen molar-refractivity contribution in [3.05, 3.63) is 48.8 Å². The van der Waals surface area contributed by atoms with E-state index in [-0.39, 0.29) is 0 Å². The van der Waals surface area contributed by atoms with Gasteiger partial charge in [-0.05, 0) is 18.2 Å². The lowest BCUT2D eigenvalue weighted by atomic mass is 10.1. The first-order valence-electron chi connectivity index (χ1n) is 4.99. The molecular weight excluding hydrogens is 200 g/mol. The number of nitrogens with zero attached hydrogens (tertiary/aromatic N) is 3. The monoisotopic (exact) mass is 210 g/mol. The Morgan fingerprint density at radius 1 is 1.06 bits per heavy atom. The maximum Gasteiger partial charge on any atom is 0.155 e. The summed E-state index contributed by atoms with van der Waals surface area (Å²) in [5.74, 6) is 0. The van der Waals surface area contributed by atoms with Crippen LogP contribution in [0.15, 0.2) is 48.8 Å². The van der Waals surface area contributed by atoms with Gasteiger partial charge in [0.2, 0.25) is 0 Å². The third-order valence-corrected chi connectivity index (χ3v) is 2.47. The number of aromatic nitrogens is 3. The SMILES string of the molecule is Nc1cccc(-c2ccnc3ccnn23)c1. The predicted octanol–water partition coefficient (Wildman–Crippen LogP) is 1.98. The van der Waals surface area contributed by atoms with E-state index in [1.165, 1.54) is 0 Å². The van der Waals surface area contributed by atoms with Crippen LogP contribution in [0.4, 0.5) is 5.69 Å². The predicted molar refractivity (Wildman–Crippen MR) is 62.8 cm³/mol. The van der Waals surface area contributed by atoms with Crippen LogP contribution in [0.2, 0.25) is 0 Å². The quantitative estimate of drug-likeness (QED) is 0.625. The largest absolute Gasteiger partial charge is 0.399 e. The van der Waals surface area contributed by atoms with Crippen LogP contribution < -0.4 is 5.73 Å². The summed E-state index contributed by atoms with van der Waals surface area (Å²) in [5.41, 5.74) is 9.37. The molecule has 0 saturated heterocycles. The van der Waals surface area contributed by atoms with Crippen molar-refractivity contribution in [2.45, 2.75) is 0 Å². The smallest absolute Gasteiger partial charge is 0.155 e. The van der Waals surface area contributed by atoms with E-state index in [1.807, 2.05) is 36.4 Å². The summed E-state index contributed by atoms with van der Waals surface area (Å²) in [4.78, 5) is 4.22. The molecule has 0 amide bonds. The minimum atomic E-state index is 0.745. The molecule has 0 bridgehead atoms. The number of anilines is 1. The molecule has 0 saturated carbocycles. The summed E-state index contributed by atoms with van der Waals surface area (Å²) >= 11 is 0. The van der Waals surface area contributed by atoms with Crippen molar-refractivity contribution in [3.63, 3.8) is 0 Å². The molecule has 2 heterocycles. The second kappa shape index (κ2) is 3.34. The third kappa shape index (κ3) is 1.32. The number of nitrogens with two attached hydrogens (primary N) is 1. The Bertz CT molecular complexity index is 642. The minimum absolute atomic E-state index is 0.745. The minimum Gasteiger partial charge on any atom is -0.399 e. The number of benzene rings is 1. The van der Waals surface area contributed by atoms with Crippen molar-refractivity contribution < 1.29 is 0 Å². The maximum atomic E-state index is 5.77. The van der Waals surface area contributed by atoms with E-state index in [4.69, 9.17) is 5.73 Å². The molecule has 0 spiro atoms. The first-order valence-corrected chi connectivity index (χ1v) is 4.99. The van der Waals surface area contributed by atoms with E-state index >= 15 is 0 Å². The summed E-state index contributed by atoms with van der Waals surface area (Å²) in [6.07, 6.45) is 3.51. The van der Waals surface area contributed by atoms with Gasteiger partial charge >= 0.3 is 0 Å². The Morgan fingerprint density at radius 3 is 2.88 bits per heavy atom. The zero-order chi connectivity index (χ0) is 11.0. The van der Waals surface area contributed by atoms with Gasteiger partial charge in [-0.3, -0.25) is 0 Å². The third-order valence-electron chi connectivity index (χ3n) is 2.47. The molecule has 4 nitrogen and oxygen atoms in total. The number of hydrogen-bond donors (Lipinski definition) is 1. The van der Waals surface area contributed by atoms with E-state index in [1.54, 1.807) is 16.9 Å². The van der Waals surface area contributed by atoms with Crippen molar-refractivity contribution in [2.75, 3.05) is 5.73 Å². The topological polar surface area (TPSA) is 56.2 Å². The Morgan fingerprint density at radius 2 is 2.00 bits per heavy atom. The van der Waals surface area contributed by atoms with Gasteiger partial charge < -0.3 is 5.73 Å². The van der Waals surface area contributed by atoms with Gasteiger partial charge in [0, 0.05) is 23.5 Å². The standard InChI is InChI=1S/C12H10N4/c13-10-3-1-2-9(8-10)11-4-6-14-12-5-7-15-16(11)12/h1-8H,13H2. The molecule has 0 unspecified atom stereocenters. The first-order chi connectivity index (χ1) is 7.84. The second-order valence-electron chi connectivity index (χ2n) is 3.56. The van der Waals surface area contributed by atoms with E-state index in [0.29, 0.717) is 0 Å². The zero-order valence-corrected chi connectivity index (χ0v) is 8.54. The lowest BCUT2D eigenvalue weighted by molar-refractivity contribution is 0.948. The average molecular weight is 210 g/mol. The van der Waals surface area contributed by atoms with Crippen molar-refractivity contribution in [3.8, 4) is 11.3 Å². The van der Waals surface area contributed by atoms with E-state index in [9.17, 15) is 0 Å². The van der Waals surface area contributed by atoms with Gasteiger partial charge in [-0.15, -0.1) is 0 Å². The molecule has 0 fully saturated rings. The van der Waals surface area contributed by atoms with Crippen LogP contribution in [0, 0.1) is 0 Å². The van der Waals surface area contributed by atoms with Gasteiger partial charge in [-0.25, -0.2) is 9.50 Å². The molecule has 2 N–H and O–H groups in total. The molecular formula is C12H10N4. The number of nitrogen functional groups attached to an aromatic ring is 1. The Balaban J connectivity index is 2.29. The normalized spacial score (nSPS) is 10.8. The van der Waals surface area contributed by atoms with Crippen LogP contribution in [0.1, 0.15) is 0 Å². The Hall–Kier alpha value is -2.36. The second-order valence-corrected chi connectivity index (χ2v) is 3.56. The summed E-state index contributed by atoms with van der Waals surface area (Å²) in [6.45, 7) is 0. The van der Waals surface area contributed by atoms with Crippen LogP contribution in [-0.2, 0) is 0 Å². The van der Waals surface area contributed by atoms with E-state index < -0.39 is 0 Å².